The Kier molecular flexibility index (Phi) is 6.39. The van der Waals surface area contributed by atoms with Gasteiger partial charge in [-0.05, 0) is 74.7 Å². The summed E-state index contributed by atoms with van der Waals surface area (Å²) >= 11 is 0. The highest BCUT2D eigenvalue weighted by atomic mass is 14.9. The van der Waals surface area contributed by atoms with Gasteiger partial charge in [-0.25, -0.2) is 0 Å². The van der Waals surface area contributed by atoms with Crippen molar-refractivity contribution in [3.05, 3.63) is 0 Å². The summed E-state index contributed by atoms with van der Waals surface area (Å²) in [6.45, 7) is 11.0. The smallest absolute Gasteiger partial charge is 0.00683 e. The molecule has 118 valence electrons. The number of hydrogen-bond acceptors (Lipinski definition) is 1. The van der Waals surface area contributed by atoms with Crippen molar-refractivity contribution in [2.75, 3.05) is 6.54 Å². The van der Waals surface area contributed by atoms with Crippen LogP contribution in [0, 0.1) is 29.6 Å². The number of rotatable bonds is 8. The Labute approximate surface area is 127 Å². The maximum absolute atomic E-state index is 3.81. The van der Waals surface area contributed by atoms with Crippen molar-refractivity contribution < 1.29 is 0 Å². The lowest BCUT2D eigenvalue weighted by atomic mass is 9.68. The topological polar surface area (TPSA) is 12.0 Å². The van der Waals surface area contributed by atoms with Gasteiger partial charge in [0.15, 0.2) is 0 Å². The second-order valence-electron chi connectivity index (χ2n) is 8.15. The van der Waals surface area contributed by atoms with Crippen molar-refractivity contribution in [3.63, 3.8) is 0 Å². The summed E-state index contributed by atoms with van der Waals surface area (Å²) in [7, 11) is 0. The van der Waals surface area contributed by atoms with E-state index in [0.29, 0.717) is 0 Å². The molecule has 0 aliphatic heterocycles. The number of hydrogen-bond donors (Lipinski definition) is 1. The quantitative estimate of drug-likeness (QED) is 0.639. The minimum atomic E-state index is 0.881. The van der Waals surface area contributed by atoms with Crippen LogP contribution in [0.15, 0.2) is 0 Å². The highest BCUT2D eigenvalue weighted by Gasteiger charge is 2.33. The summed E-state index contributed by atoms with van der Waals surface area (Å²) < 4.78 is 0. The molecule has 2 saturated carbocycles. The predicted octanol–water partition coefficient (Wildman–Crippen LogP) is 5.25. The van der Waals surface area contributed by atoms with Crippen molar-refractivity contribution in [3.8, 4) is 0 Å². The zero-order valence-electron chi connectivity index (χ0n) is 14.3. The molecule has 0 bridgehead atoms. The lowest BCUT2D eigenvalue weighted by molar-refractivity contribution is 0.123. The second-order valence-corrected chi connectivity index (χ2v) is 8.15. The van der Waals surface area contributed by atoms with E-state index in [9.17, 15) is 0 Å². The van der Waals surface area contributed by atoms with Crippen LogP contribution in [-0.4, -0.2) is 12.6 Å². The van der Waals surface area contributed by atoms with Crippen molar-refractivity contribution in [1.29, 1.82) is 0 Å². The Bertz CT molecular complexity index is 269. The summed E-state index contributed by atoms with van der Waals surface area (Å²) in [6.07, 6.45) is 11.6. The fourth-order valence-corrected chi connectivity index (χ4v) is 4.26. The molecule has 1 N–H and O–H groups in total. The molecule has 2 fully saturated rings. The lowest BCUT2D eigenvalue weighted by Crippen LogP contribution is -2.36. The van der Waals surface area contributed by atoms with Gasteiger partial charge in [-0.2, -0.15) is 0 Å². The third-order valence-electron chi connectivity index (χ3n) is 5.86. The van der Waals surface area contributed by atoms with Crippen LogP contribution in [0.5, 0.6) is 0 Å². The van der Waals surface area contributed by atoms with E-state index in [0.717, 1.165) is 35.6 Å². The minimum Gasteiger partial charge on any atom is -0.314 e. The zero-order valence-corrected chi connectivity index (χ0v) is 14.3. The molecule has 0 spiro atoms. The molecule has 4 unspecified atom stereocenters. The van der Waals surface area contributed by atoms with Gasteiger partial charge in [0.1, 0.15) is 0 Å². The normalized spacial score (nSPS) is 32.5. The second kappa shape index (κ2) is 7.82. The summed E-state index contributed by atoms with van der Waals surface area (Å²) in [5.74, 6) is 4.76. The van der Waals surface area contributed by atoms with Crippen LogP contribution >= 0.6 is 0 Å². The molecule has 2 aliphatic rings. The van der Waals surface area contributed by atoms with Crippen molar-refractivity contribution >= 4 is 0 Å². The Balaban J connectivity index is 1.86. The fourth-order valence-electron chi connectivity index (χ4n) is 4.26. The summed E-state index contributed by atoms with van der Waals surface area (Å²) in [5, 5.41) is 3.81. The Morgan fingerprint density at radius 1 is 1.00 bits per heavy atom. The Morgan fingerprint density at radius 2 is 1.75 bits per heavy atom. The van der Waals surface area contributed by atoms with Crippen LogP contribution < -0.4 is 5.32 Å². The maximum Gasteiger partial charge on any atom is 0.00683 e. The molecule has 1 nitrogen and oxygen atoms in total. The summed E-state index contributed by atoms with van der Waals surface area (Å²) in [4.78, 5) is 0. The monoisotopic (exact) mass is 279 g/mol. The molecule has 4 atom stereocenters. The van der Waals surface area contributed by atoms with E-state index in [1.165, 1.54) is 57.9 Å². The van der Waals surface area contributed by atoms with Gasteiger partial charge in [0.25, 0.3) is 0 Å². The van der Waals surface area contributed by atoms with Gasteiger partial charge in [0.05, 0.1) is 0 Å². The SMILES string of the molecule is CCCC(C)CC1CC(C(C)C)CCC1CNC1CC1. The molecule has 0 saturated heterocycles. The highest BCUT2D eigenvalue weighted by molar-refractivity contribution is 4.87. The van der Waals surface area contributed by atoms with Gasteiger partial charge in [-0.15, -0.1) is 0 Å². The van der Waals surface area contributed by atoms with Gasteiger partial charge >= 0.3 is 0 Å². The first-order valence-corrected chi connectivity index (χ1v) is 9.33. The first kappa shape index (κ1) is 16.3. The van der Waals surface area contributed by atoms with Crippen molar-refractivity contribution in [1.82, 2.24) is 5.32 Å². The van der Waals surface area contributed by atoms with Crippen LogP contribution in [0.2, 0.25) is 0 Å². The fraction of sp³-hybridized carbons (Fsp3) is 1.00. The molecule has 2 aliphatic carbocycles. The van der Waals surface area contributed by atoms with Gasteiger partial charge in [-0.3, -0.25) is 0 Å². The molecule has 2 rings (SSSR count). The van der Waals surface area contributed by atoms with Gasteiger partial charge in [-0.1, -0.05) is 40.5 Å². The molecule has 0 radical (unpaired) electrons. The van der Waals surface area contributed by atoms with Crippen molar-refractivity contribution in [2.45, 2.75) is 85.1 Å². The maximum atomic E-state index is 3.81. The number of nitrogens with one attached hydrogen (secondary N) is 1. The van der Waals surface area contributed by atoms with Crippen LogP contribution in [0.25, 0.3) is 0 Å². The zero-order chi connectivity index (χ0) is 14.5. The average molecular weight is 280 g/mol. The molecule has 0 heterocycles. The van der Waals surface area contributed by atoms with Crippen LogP contribution in [-0.2, 0) is 0 Å². The largest absolute Gasteiger partial charge is 0.314 e. The standard InChI is InChI=1S/C19H37N/c1-5-6-15(4)11-18-12-16(14(2)3)7-8-17(18)13-20-19-9-10-19/h14-20H,5-13H2,1-4H3. The molecule has 0 aromatic carbocycles. The first-order chi connectivity index (χ1) is 9.60. The van der Waals surface area contributed by atoms with Crippen LogP contribution in [0.1, 0.15) is 79.1 Å². The van der Waals surface area contributed by atoms with Crippen LogP contribution in [0.4, 0.5) is 0 Å². The van der Waals surface area contributed by atoms with Crippen molar-refractivity contribution in [2.24, 2.45) is 29.6 Å². The van der Waals surface area contributed by atoms with Gasteiger partial charge in [0.2, 0.25) is 0 Å². The molecule has 20 heavy (non-hydrogen) atoms. The third kappa shape index (κ3) is 5.06. The Hall–Kier alpha value is -0.0400. The average Bonchev–Trinajstić information content (AvgIpc) is 3.21. The Morgan fingerprint density at radius 3 is 2.35 bits per heavy atom. The van der Waals surface area contributed by atoms with Gasteiger partial charge < -0.3 is 5.32 Å². The molecule has 0 aromatic rings. The third-order valence-corrected chi connectivity index (χ3v) is 5.86. The summed E-state index contributed by atoms with van der Waals surface area (Å²) in [5.41, 5.74) is 0. The van der Waals surface area contributed by atoms with E-state index >= 15 is 0 Å². The van der Waals surface area contributed by atoms with E-state index in [2.05, 4.69) is 33.0 Å². The highest BCUT2D eigenvalue weighted by Crippen LogP contribution is 2.41. The molecular formula is C19H37N. The van der Waals surface area contributed by atoms with E-state index in [-0.39, 0.29) is 0 Å². The van der Waals surface area contributed by atoms with E-state index in [1.54, 1.807) is 0 Å². The van der Waals surface area contributed by atoms with Crippen LogP contribution in [0.3, 0.4) is 0 Å². The molecule has 0 amide bonds. The first-order valence-electron chi connectivity index (χ1n) is 9.33. The van der Waals surface area contributed by atoms with Gasteiger partial charge in [0, 0.05) is 6.04 Å². The molecule has 1 heteroatoms. The molecule has 0 aromatic heterocycles. The predicted molar refractivity (Wildman–Crippen MR) is 88.9 cm³/mol. The van der Waals surface area contributed by atoms with E-state index in [1.807, 2.05) is 0 Å². The molecular weight excluding hydrogens is 242 g/mol. The summed E-state index contributed by atoms with van der Waals surface area (Å²) in [6, 6.07) is 0.881. The van der Waals surface area contributed by atoms with E-state index < -0.39 is 0 Å². The lowest BCUT2D eigenvalue weighted by Gasteiger charge is -2.39. The minimum absolute atomic E-state index is 0.881. The van der Waals surface area contributed by atoms with E-state index in [4.69, 9.17) is 0 Å².